The number of nitrogens with one attached hydrogen (secondary N) is 1. The molecular formula is C12H17N3O. The number of ketones is 1. The maximum absolute atomic E-state index is 12.0. The van der Waals surface area contributed by atoms with E-state index in [0.29, 0.717) is 23.7 Å². The lowest BCUT2D eigenvalue weighted by atomic mass is 9.84. The highest BCUT2D eigenvalue weighted by molar-refractivity contribution is 5.99. The Morgan fingerprint density at radius 3 is 2.94 bits per heavy atom. The number of nitrogens with zero attached hydrogens (tertiary/aromatic N) is 1. The van der Waals surface area contributed by atoms with Crippen LogP contribution in [-0.4, -0.2) is 16.0 Å². The molecule has 2 aliphatic rings. The van der Waals surface area contributed by atoms with Crippen LogP contribution in [0.5, 0.6) is 0 Å². The van der Waals surface area contributed by atoms with Crippen molar-refractivity contribution in [3.8, 4) is 0 Å². The summed E-state index contributed by atoms with van der Waals surface area (Å²) in [7, 11) is 0. The number of hydrogen-bond acceptors (Lipinski definition) is 3. The van der Waals surface area contributed by atoms with Gasteiger partial charge in [-0.25, -0.2) is 0 Å². The van der Waals surface area contributed by atoms with E-state index in [0.717, 1.165) is 11.8 Å². The van der Waals surface area contributed by atoms with Crippen LogP contribution in [0.4, 0.5) is 5.82 Å². The Kier molecular flexibility index (Phi) is 2.23. The minimum atomic E-state index is 0.156. The fourth-order valence-corrected chi connectivity index (χ4v) is 3.49. The van der Waals surface area contributed by atoms with E-state index in [9.17, 15) is 4.79 Å². The van der Waals surface area contributed by atoms with Crippen molar-refractivity contribution in [2.24, 2.45) is 17.8 Å². The Balaban J connectivity index is 1.67. The van der Waals surface area contributed by atoms with Crippen molar-refractivity contribution in [3.63, 3.8) is 0 Å². The van der Waals surface area contributed by atoms with E-state index in [4.69, 9.17) is 5.73 Å². The largest absolute Gasteiger partial charge is 0.383 e. The first kappa shape index (κ1) is 9.87. The molecule has 0 radical (unpaired) electrons. The summed E-state index contributed by atoms with van der Waals surface area (Å²) in [5.41, 5.74) is 6.22. The van der Waals surface area contributed by atoms with Crippen LogP contribution in [0.3, 0.4) is 0 Å². The molecule has 0 spiro atoms. The molecule has 1 aromatic rings. The van der Waals surface area contributed by atoms with Crippen LogP contribution >= 0.6 is 0 Å². The average molecular weight is 219 g/mol. The summed E-state index contributed by atoms with van der Waals surface area (Å²) in [6, 6.07) is 0. The van der Waals surface area contributed by atoms with Crippen molar-refractivity contribution in [1.82, 2.24) is 10.2 Å². The third-order valence-corrected chi connectivity index (χ3v) is 4.30. The SMILES string of the molecule is Nc1[nH]ncc1C(=O)CC1CC2CCC1C2. The van der Waals surface area contributed by atoms with Crippen molar-refractivity contribution >= 4 is 11.6 Å². The van der Waals surface area contributed by atoms with Gasteiger partial charge in [0, 0.05) is 6.42 Å². The second kappa shape index (κ2) is 3.61. The smallest absolute Gasteiger partial charge is 0.168 e. The summed E-state index contributed by atoms with van der Waals surface area (Å²) in [6.45, 7) is 0. The van der Waals surface area contributed by atoms with Crippen molar-refractivity contribution in [3.05, 3.63) is 11.8 Å². The van der Waals surface area contributed by atoms with Gasteiger partial charge in [-0.1, -0.05) is 6.42 Å². The first-order chi connectivity index (χ1) is 7.74. The molecule has 1 heterocycles. The van der Waals surface area contributed by atoms with Gasteiger partial charge in [0.15, 0.2) is 5.78 Å². The standard InChI is InChI=1S/C12H17N3O/c13-12-10(6-14-15-12)11(16)5-9-4-7-1-2-8(9)3-7/h6-9H,1-5H2,(H3,13,14,15). The number of nitrogen functional groups attached to an aromatic ring is 1. The van der Waals surface area contributed by atoms with Crippen LogP contribution in [0.15, 0.2) is 6.20 Å². The van der Waals surface area contributed by atoms with Gasteiger partial charge < -0.3 is 5.73 Å². The minimum absolute atomic E-state index is 0.156. The molecule has 0 amide bonds. The van der Waals surface area contributed by atoms with Crippen LogP contribution < -0.4 is 5.73 Å². The maximum atomic E-state index is 12.0. The van der Waals surface area contributed by atoms with E-state index in [-0.39, 0.29) is 5.78 Å². The van der Waals surface area contributed by atoms with E-state index in [1.54, 1.807) is 6.20 Å². The quantitative estimate of drug-likeness (QED) is 0.764. The monoisotopic (exact) mass is 219 g/mol. The number of aromatic amines is 1. The van der Waals surface area contributed by atoms with Crippen molar-refractivity contribution in [2.75, 3.05) is 5.73 Å². The predicted molar refractivity (Wildman–Crippen MR) is 60.9 cm³/mol. The van der Waals surface area contributed by atoms with Crippen LogP contribution in [-0.2, 0) is 0 Å². The first-order valence-corrected chi connectivity index (χ1v) is 6.06. The molecule has 2 aliphatic carbocycles. The molecule has 2 bridgehead atoms. The molecule has 0 aromatic carbocycles. The zero-order valence-corrected chi connectivity index (χ0v) is 9.28. The maximum Gasteiger partial charge on any atom is 0.168 e. The Bertz CT molecular complexity index is 412. The molecule has 16 heavy (non-hydrogen) atoms. The second-order valence-corrected chi connectivity index (χ2v) is 5.26. The van der Waals surface area contributed by atoms with Crippen molar-refractivity contribution in [1.29, 1.82) is 0 Å². The lowest BCUT2D eigenvalue weighted by Crippen LogP contribution is -2.15. The van der Waals surface area contributed by atoms with Crippen molar-refractivity contribution in [2.45, 2.75) is 32.1 Å². The molecule has 3 N–H and O–H groups in total. The average Bonchev–Trinajstić information content (AvgIpc) is 2.92. The Labute approximate surface area is 94.6 Å². The van der Waals surface area contributed by atoms with Crippen LogP contribution in [0.2, 0.25) is 0 Å². The number of aromatic nitrogens is 2. The molecule has 3 atom stereocenters. The summed E-state index contributed by atoms with van der Waals surface area (Å²) in [5.74, 6) is 2.85. The topological polar surface area (TPSA) is 71.8 Å². The highest BCUT2D eigenvalue weighted by atomic mass is 16.1. The van der Waals surface area contributed by atoms with E-state index in [2.05, 4.69) is 10.2 Å². The summed E-state index contributed by atoms with van der Waals surface area (Å²) in [5, 5.41) is 6.41. The molecular weight excluding hydrogens is 202 g/mol. The molecule has 2 saturated carbocycles. The Morgan fingerprint density at radius 2 is 2.38 bits per heavy atom. The van der Waals surface area contributed by atoms with E-state index in [1.165, 1.54) is 25.7 Å². The third-order valence-electron chi connectivity index (χ3n) is 4.30. The van der Waals surface area contributed by atoms with Crippen molar-refractivity contribution < 1.29 is 4.79 Å². The Morgan fingerprint density at radius 1 is 1.50 bits per heavy atom. The van der Waals surface area contributed by atoms with Gasteiger partial charge in [0.05, 0.1) is 11.8 Å². The van der Waals surface area contributed by atoms with Gasteiger partial charge in [-0.05, 0) is 37.0 Å². The second-order valence-electron chi connectivity index (χ2n) is 5.26. The summed E-state index contributed by atoms with van der Waals surface area (Å²) in [4.78, 5) is 12.0. The molecule has 2 fully saturated rings. The lowest BCUT2D eigenvalue weighted by molar-refractivity contribution is 0.0945. The van der Waals surface area contributed by atoms with Gasteiger partial charge in [0.25, 0.3) is 0 Å². The van der Waals surface area contributed by atoms with Gasteiger partial charge in [-0.15, -0.1) is 0 Å². The van der Waals surface area contributed by atoms with Gasteiger partial charge in [0.1, 0.15) is 5.82 Å². The number of carbonyl (C=O) groups excluding carboxylic acids is 1. The third kappa shape index (κ3) is 1.52. The number of carbonyl (C=O) groups is 1. The normalized spacial score (nSPS) is 32.1. The molecule has 1 aromatic heterocycles. The fraction of sp³-hybridized carbons (Fsp3) is 0.667. The Hall–Kier alpha value is -1.32. The molecule has 86 valence electrons. The number of nitrogens with two attached hydrogens (primary N) is 1. The molecule has 0 saturated heterocycles. The first-order valence-electron chi connectivity index (χ1n) is 6.06. The van der Waals surface area contributed by atoms with E-state index < -0.39 is 0 Å². The fourth-order valence-electron chi connectivity index (χ4n) is 3.49. The predicted octanol–water partition coefficient (Wildman–Crippen LogP) is 2.00. The summed E-state index contributed by atoms with van der Waals surface area (Å²) < 4.78 is 0. The molecule has 4 heteroatoms. The van der Waals surface area contributed by atoms with Crippen LogP contribution in [0.25, 0.3) is 0 Å². The molecule has 0 aliphatic heterocycles. The van der Waals surface area contributed by atoms with Crippen LogP contribution in [0.1, 0.15) is 42.5 Å². The zero-order valence-electron chi connectivity index (χ0n) is 9.28. The van der Waals surface area contributed by atoms with Crippen LogP contribution in [0, 0.1) is 17.8 Å². The molecule has 3 rings (SSSR count). The summed E-state index contributed by atoms with van der Waals surface area (Å²) in [6.07, 6.45) is 7.50. The highest BCUT2D eigenvalue weighted by Crippen LogP contribution is 2.49. The minimum Gasteiger partial charge on any atom is -0.383 e. The number of Topliss-reactive ketones (excluding diaryl/α,β-unsaturated/α-hetero) is 1. The number of hydrogen-bond donors (Lipinski definition) is 2. The lowest BCUT2D eigenvalue weighted by Gasteiger charge is -2.20. The number of anilines is 1. The van der Waals surface area contributed by atoms with Gasteiger partial charge in [-0.3, -0.25) is 9.89 Å². The van der Waals surface area contributed by atoms with E-state index >= 15 is 0 Å². The number of H-pyrrole nitrogens is 1. The van der Waals surface area contributed by atoms with Gasteiger partial charge in [0.2, 0.25) is 0 Å². The zero-order chi connectivity index (χ0) is 11.1. The van der Waals surface area contributed by atoms with E-state index in [1.807, 2.05) is 0 Å². The number of fused-ring (bicyclic) bond motifs is 2. The van der Waals surface area contributed by atoms with Gasteiger partial charge in [-0.2, -0.15) is 5.10 Å². The number of rotatable bonds is 3. The molecule has 4 nitrogen and oxygen atoms in total. The molecule has 3 unspecified atom stereocenters. The highest BCUT2D eigenvalue weighted by Gasteiger charge is 2.40. The van der Waals surface area contributed by atoms with Gasteiger partial charge >= 0.3 is 0 Å². The summed E-state index contributed by atoms with van der Waals surface area (Å²) >= 11 is 0.